The highest BCUT2D eigenvalue weighted by atomic mass is 35.5. The Kier molecular flexibility index (Phi) is 6.76. The second kappa shape index (κ2) is 9.84. The first kappa shape index (κ1) is 24.7. The zero-order chi connectivity index (χ0) is 25.4. The Bertz CT molecular complexity index is 1090. The molecule has 5 rings (SSSR count). The quantitative estimate of drug-likeness (QED) is 0.643. The molecule has 0 aliphatic carbocycles. The van der Waals surface area contributed by atoms with Gasteiger partial charge in [-0.25, -0.2) is 4.79 Å². The molecule has 0 unspecified atom stereocenters. The van der Waals surface area contributed by atoms with E-state index in [1.807, 2.05) is 32.9 Å². The molecule has 3 aliphatic heterocycles. The predicted octanol–water partition coefficient (Wildman–Crippen LogP) is 4.35. The number of nitrogens with two attached hydrogens (primary N) is 1. The van der Waals surface area contributed by atoms with Crippen LogP contribution in [-0.4, -0.2) is 71.2 Å². The minimum Gasteiger partial charge on any atom is -0.490 e. The Balaban J connectivity index is 1.21. The fourth-order valence-corrected chi connectivity index (χ4v) is 5.68. The zero-order valence-corrected chi connectivity index (χ0v) is 21.9. The van der Waals surface area contributed by atoms with E-state index < -0.39 is 5.60 Å². The number of aromatic nitrogens is 2. The highest BCUT2D eigenvalue weighted by Crippen LogP contribution is 2.39. The number of ether oxygens (including phenoxy) is 2. The third kappa shape index (κ3) is 5.40. The normalized spacial score (nSPS) is 22.6. The fourth-order valence-electron chi connectivity index (χ4n) is 5.54. The van der Waals surface area contributed by atoms with Crippen LogP contribution in [0.1, 0.15) is 46.5 Å². The van der Waals surface area contributed by atoms with Crippen molar-refractivity contribution in [3.63, 3.8) is 0 Å². The molecule has 0 saturated carbocycles. The number of likely N-dealkylation sites (tertiary alicyclic amines) is 1. The summed E-state index contributed by atoms with van der Waals surface area (Å²) in [4.78, 5) is 18.9. The predicted molar refractivity (Wildman–Crippen MR) is 141 cm³/mol. The first-order chi connectivity index (χ1) is 17.2. The van der Waals surface area contributed by atoms with E-state index in [4.69, 9.17) is 26.8 Å². The molecular weight excluding hydrogens is 480 g/mol. The van der Waals surface area contributed by atoms with E-state index in [1.165, 1.54) is 5.69 Å². The number of carbonyl (C=O) groups excluding carboxylic acids is 1. The lowest BCUT2D eigenvalue weighted by Crippen LogP contribution is -2.54. The number of rotatable bonds is 4. The SMILES string of the molecule is CC(C)(C)OC(=O)N1CCC(Oc2cccc(N3[C@@H]4CC[C@H]3CN(c3cc(Cl)nnc3N)C4)c2)CC1. The first-order valence-corrected chi connectivity index (χ1v) is 13.1. The van der Waals surface area contributed by atoms with Gasteiger partial charge in [0.15, 0.2) is 11.0 Å². The number of amides is 1. The molecule has 2 N–H and O–H groups in total. The molecule has 3 aliphatic rings. The lowest BCUT2D eigenvalue weighted by Gasteiger charge is -2.43. The van der Waals surface area contributed by atoms with Gasteiger partial charge >= 0.3 is 6.09 Å². The van der Waals surface area contributed by atoms with E-state index in [0.29, 0.717) is 36.1 Å². The number of nitrogens with zero attached hydrogens (tertiary/aromatic N) is 5. The van der Waals surface area contributed by atoms with E-state index in [-0.39, 0.29) is 12.2 Å². The van der Waals surface area contributed by atoms with E-state index in [0.717, 1.165) is 50.2 Å². The van der Waals surface area contributed by atoms with Gasteiger partial charge in [0.2, 0.25) is 0 Å². The summed E-state index contributed by atoms with van der Waals surface area (Å²) in [5.74, 6) is 1.29. The molecule has 0 spiro atoms. The van der Waals surface area contributed by atoms with Crippen molar-refractivity contribution in [2.75, 3.05) is 41.7 Å². The van der Waals surface area contributed by atoms with Gasteiger partial charge in [-0.15, -0.1) is 10.2 Å². The minimum atomic E-state index is -0.482. The van der Waals surface area contributed by atoms with Crippen LogP contribution in [0, 0.1) is 0 Å². The van der Waals surface area contributed by atoms with Crippen LogP contribution >= 0.6 is 11.6 Å². The standard InChI is InChI=1S/C26H35ClN6O3/c1-26(2,3)36-25(34)31-11-9-20(10-12-31)35-21-6-4-5-17(13-21)33-18-7-8-19(33)16-32(15-18)22-14-23(27)29-30-24(22)28/h4-6,13-14,18-20H,7-12,15-16H2,1-3H3,(H2,28,30)/t18-,19+. The van der Waals surface area contributed by atoms with Crippen molar-refractivity contribution < 1.29 is 14.3 Å². The average molecular weight is 515 g/mol. The van der Waals surface area contributed by atoms with Crippen molar-refractivity contribution in [2.24, 2.45) is 0 Å². The number of hydrogen-bond donors (Lipinski definition) is 1. The number of nitrogen functional groups attached to an aromatic ring is 1. The summed E-state index contributed by atoms with van der Waals surface area (Å²) in [6.45, 7) is 8.67. The maximum absolute atomic E-state index is 12.3. The summed E-state index contributed by atoms with van der Waals surface area (Å²) in [5, 5.41) is 8.20. The Morgan fingerprint density at radius 2 is 1.75 bits per heavy atom. The van der Waals surface area contributed by atoms with Crippen LogP contribution in [-0.2, 0) is 4.74 Å². The maximum atomic E-state index is 12.3. The molecule has 2 aromatic rings. The lowest BCUT2D eigenvalue weighted by molar-refractivity contribution is 0.0126. The molecule has 1 amide bonds. The number of piperazine rings is 1. The average Bonchev–Trinajstić information content (AvgIpc) is 3.09. The van der Waals surface area contributed by atoms with Gasteiger partial charge in [-0.1, -0.05) is 17.7 Å². The second-order valence-corrected chi connectivity index (χ2v) is 11.3. The number of benzene rings is 1. The highest BCUT2D eigenvalue weighted by molar-refractivity contribution is 6.29. The second-order valence-electron chi connectivity index (χ2n) is 10.9. The van der Waals surface area contributed by atoms with Crippen LogP contribution in [0.5, 0.6) is 5.75 Å². The zero-order valence-electron chi connectivity index (χ0n) is 21.2. The largest absolute Gasteiger partial charge is 0.490 e. The number of carbonyl (C=O) groups is 1. The van der Waals surface area contributed by atoms with Gasteiger partial charge in [-0.2, -0.15) is 0 Å². The van der Waals surface area contributed by atoms with Crippen LogP contribution in [0.4, 0.5) is 22.0 Å². The number of fused-ring (bicyclic) bond motifs is 2. The Morgan fingerprint density at radius 3 is 2.42 bits per heavy atom. The molecule has 36 heavy (non-hydrogen) atoms. The highest BCUT2D eigenvalue weighted by Gasteiger charge is 2.41. The molecule has 10 heteroatoms. The third-order valence-corrected chi connectivity index (χ3v) is 7.29. The van der Waals surface area contributed by atoms with Crippen LogP contribution in [0.3, 0.4) is 0 Å². The van der Waals surface area contributed by atoms with Crippen LogP contribution in [0.15, 0.2) is 30.3 Å². The lowest BCUT2D eigenvalue weighted by atomic mass is 10.1. The topological polar surface area (TPSA) is 97.0 Å². The third-order valence-electron chi connectivity index (χ3n) is 7.11. The van der Waals surface area contributed by atoms with Crippen LogP contribution in [0.25, 0.3) is 0 Å². The Morgan fingerprint density at radius 1 is 1.06 bits per heavy atom. The van der Waals surface area contributed by atoms with Gasteiger partial charge in [0.05, 0.1) is 5.69 Å². The Labute approximate surface area is 217 Å². The maximum Gasteiger partial charge on any atom is 0.410 e. The summed E-state index contributed by atoms with van der Waals surface area (Å²) in [6, 6.07) is 11.0. The number of hydrogen-bond acceptors (Lipinski definition) is 8. The van der Waals surface area contributed by atoms with E-state index in [2.05, 4.69) is 38.2 Å². The van der Waals surface area contributed by atoms with Gasteiger partial charge in [-0.05, 0) is 45.7 Å². The monoisotopic (exact) mass is 514 g/mol. The van der Waals surface area contributed by atoms with E-state index in [1.54, 1.807) is 4.90 Å². The van der Waals surface area contributed by atoms with Gasteiger partial charge < -0.3 is 29.9 Å². The molecule has 1 aromatic carbocycles. The molecule has 9 nitrogen and oxygen atoms in total. The number of piperidine rings is 1. The van der Waals surface area contributed by atoms with Crippen molar-refractivity contribution in [1.29, 1.82) is 0 Å². The van der Waals surface area contributed by atoms with Crippen molar-refractivity contribution in [2.45, 2.75) is 70.2 Å². The van der Waals surface area contributed by atoms with Gasteiger partial charge in [0, 0.05) is 68.9 Å². The molecule has 3 saturated heterocycles. The summed E-state index contributed by atoms with van der Waals surface area (Å²) in [6.07, 6.45) is 3.67. The van der Waals surface area contributed by atoms with Crippen LogP contribution in [0.2, 0.25) is 5.15 Å². The molecular formula is C26H35ClN6O3. The first-order valence-electron chi connectivity index (χ1n) is 12.7. The van der Waals surface area contributed by atoms with Gasteiger partial charge in [-0.3, -0.25) is 0 Å². The van der Waals surface area contributed by atoms with E-state index >= 15 is 0 Å². The molecule has 194 valence electrons. The summed E-state index contributed by atoms with van der Waals surface area (Å²) < 4.78 is 11.9. The Hall–Kier alpha value is -2.94. The smallest absolute Gasteiger partial charge is 0.410 e. The molecule has 1 aromatic heterocycles. The van der Waals surface area contributed by atoms with E-state index in [9.17, 15) is 4.79 Å². The van der Waals surface area contributed by atoms with Crippen molar-refractivity contribution in [3.8, 4) is 5.75 Å². The molecule has 2 bridgehead atoms. The fraction of sp³-hybridized carbons (Fsp3) is 0.577. The van der Waals surface area contributed by atoms with Crippen molar-refractivity contribution in [1.82, 2.24) is 15.1 Å². The minimum absolute atomic E-state index is 0.0828. The summed E-state index contributed by atoms with van der Waals surface area (Å²) >= 11 is 6.09. The summed E-state index contributed by atoms with van der Waals surface area (Å²) in [5.41, 5.74) is 7.67. The molecule has 3 fully saturated rings. The number of halogens is 1. The van der Waals surface area contributed by atoms with Crippen molar-refractivity contribution in [3.05, 3.63) is 35.5 Å². The van der Waals surface area contributed by atoms with Gasteiger partial charge in [0.1, 0.15) is 17.5 Å². The molecule has 0 radical (unpaired) electrons. The number of anilines is 3. The summed E-state index contributed by atoms with van der Waals surface area (Å²) in [7, 11) is 0. The van der Waals surface area contributed by atoms with Crippen molar-refractivity contribution >= 4 is 34.9 Å². The molecule has 4 heterocycles. The molecule has 2 atom stereocenters. The van der Waals surface area contributed by atoms with Gasteiger partial charge in [0.25, 0.3) is 0 Å². The van der Waals surface area contributed by atoms with Crippen LogP contribution < -0.4 is 20.3 Å².